The highest BCUT2D eigenvalue weighted by Gasteiger charge is 2.35. The van der Waals surface area contributed by atoms with Gasteiger partial charge in [-0.2, -0.15) is 0 Å². The molecule has 0 saturated heterocycles. The zero-order chi connectivity index (χ0) is 13.2. The summed E-state index contributed by atoms with van der Waals surface area (Å²) in [5.41, 5.74) is 4.53. The van der Waals surface area contributed by atoms with Crippen LogP contribution in [0.15, 0.2) is 29.8 Å². The van der Waals surface area contributed by atoms with Crippen molar-refractivity contribution in [3.8, 4) is 0 Å². The first-order chi connectivity index (χ1) is 9.31. The van der Waals surface area contributed by atoms with Crippen LogP contribution in [-0.2, 0) is 16.0 Å². The van der Waals surface area contributed by atoms with Gasteiger partial charge in [0.25, 0.3) is 0 Å². The number of ether oxygens (including phenoxy) is 1. The Morgan fingerprint density at radius 2 is 2.11 bits per heavy atom. The molecule has 1 aromatic carbocycles. The van der Waals surface area contributed by atoms with Gasteiger partial charge >= 0.3 is 5.97 Å². The van der Waals surface area contributed by atoms with E-state index in [1.54, 1.807) is 0 Å². The van der Waals surface area contributed by atoms with Crippen LogP contribution in [0.1, 0.15) is 50.2 Å². The van der Waals surface area contributed by atoms with E-state index >= 15 is 0 Å². The molecule has 0 fully saturated rings. The molecule has 2 aliphatic rings. The molecule has 2 heteroatoms. The Kier molecular flexibility index (Phi) is 3.41. The van der Waals surface area contributed by atoms with E-state index in [0.29, 0.717) is 0 Å². The first kappa shape index (κ1) is 12.5. The summed E-state index contributed by atoms with van der Waals surface area (Å²) in [5.74, 6) is -0.106. The third-order valence-electron chi connectivity index (χ3n) is 4.16. The molecule has 3 rings (SSSR count). The number of fused-ring (bicyclic) bond motifs is 2. The number of hydrogen-bond donors (Lipinski definition) is 0. The first-order valence-electron chi connectivity index (χ1n) is 7.33. The molecule has 2 nitrogen and oxygen atoms in total. The van der Waals surface area contributed by atoms with E-state index in [1.165, 1.54) is 11.1 Å². The lowest BCUT2D eigenvalue weighted by Crippen LogP contribution is -2.12. The molecule has 1 heterocycles. The SMILES string of the molecule is CCCCC1OC(=O)C2=C1CCCc1ccccc12. The summed E-state index contributed by atoms with van der Waals surface area (Å²) in [7, 11) is 0. The molecule has 0 N–H and O–H groups in total. The topological polar surface area (TPSA) is 26.3 Å². The van der Waals surface area contributed by atoms with E-state index in [9.17, 15) is 4.79 Å². The zero-order valence-corrected chi connectivity index (χ0v) is 11.4. The van der Waals surface area contributed by atoms with Gasteiger partial charge in [-0.25, -0.2) is 4.79 Å². The Bertz CT molecular complexity index is 528. The normalized spacial score (nSPS) is 21.7. The van der Waals surface area contributed by atoms with Gasteiger partial charge in [0, 0.05) is 0 Å². The van der Waals surface area contributed by atoms with Crippen molar-refractivity contribution >= 4 is 11.5 Å². The van der Waals surface area contributed by atoms with Gasteiger partial charge in [-0.15, -0.1) is 0 Å². The minimum atomic E-state index is -0.106. The van der Waals surface area contributed by atoms with Crippen LogP contribution in [0, 0.1) is 0 Å². The molecule has 1 aliphatic heterocycles. The molecule has 0 radical (unpaired) electrons. The number of carbonyl (C=O) groups excluding carboxylic acids is 1. The van der Waals surface area contributed by atoms with Crippen LogP contribution in [0.4, 0.5) is 0 Å². The van der Waals surface area contributed by atoms with Crippen molar-refractivity contribution in [2.24, 2.45) is 0 Å². The predicted molar refractivity (Wildman–Crippen MR) is 75.7 cm³/mol. The van der Waals surface area contributed by atoms with Gasteiger partial charge in [-0.1, -0.05) is 37.6 Å². The second-order valence-corrected chi connectivity index (χ2v) is 5.45. The highest BCUT2D eigenvalue weighted by Crippen LogP contribution is 2.39. The highest BCUT2D eigenvalue weighted by molar-refractivity contribution is 6.20. The van der Waals surface area contributed by atoms with Crippen LogP contribution in [0.5, 0.6) is 0 Å². The van der Waals surface area contributed by atoms with Crippen LogP contribution in [0.2, 0.25) is 0 Å². The van der Waals surface area contributed by atoms with E-state index in [1.807, 2.05) is 6.07 Å². The average Bonchev–Trinajstić information content (AvgIpc) is 2.62. The molecular weight excluding hydrogens is 236 g/mol. The lowest BCUT2D eigenvalue weighted by atomic mass is 9.94. The van der Waals surface area contributed by atoms with Crippen LogP contribution < -0.4 is 0 Å². The number of aryl methyl sites for hydroxylation is 1. The van der Waals surface area contributed by atoms with Gasteiger partial charge in [0.15, 0.2) is 0 Å². The fraction of sp³-hybridized carbons (Fsp3) is 0.471. The van der Waals surface area contributed by atoms with Crippen molar-refractivity contribution in [2.75, 3.05) is 0 Å². The molecule has 19 heavy (non-hydrogen) atoms. The number of unbranched alkanes of at least 4 members (excludes halogenated alkanes) is 1. The summed E-state index contributed by atoms with van der Waals surface area (Å²) in [6, 6.07) is 8.28. The number of hydrogen-bond acceptors (Lipinski definition) is 2. The fourth-order valence-corrected chi connectivity index (χ4v) is 3.19. The van der Waals surface area contributed by atoms with Gasteiger partial charge in [0.2, 0.25) is 0 Å². The zero-order valence-electron chi connectivity index (χ0n) is 11.4. The first-order valence-corrected chi connectivity index (χ1v) is 7.33. The lowest BCUT2D eigenvalue weighted by Gasteiger charge is -2.13. The van der Waals surface area contributed by atoms with E-state index in [-0.39, 0.29) is 12.1 Å². The third kappa shape index (κ3) is 2.20. The minimum absolute atomic E-state index is 0.0357. The lowest BCUT2D eigenvalue weighted by molar-refractivity contribution is -0.138. The molecule has 1 unspecified atom stereocenters. The van der Waals surface area contributed by atoms with Crippen molar-refractivity contribution in [2.45, 2.75) is 51.6 Å². The molecular formula is C17H20O2. The Balaban J connectivity index is 2.01. The second-order valence-electron chi connectivity index (χ2n) is 5.45. The Morgan fingerprint density at radius 1 is 1.26 bits per heavy atom. The van der Waals surface area contributed by atoms with E-state index in [0.717, 1.165) is 49.7 Å². The molecule has 0 bridgehead atoms. The number of cyclic esters (lactones) is 1. The van der Waals surface area contributed by atoms with Crippen molar-refractivity contribution in [3.63, 3.8) is 0 Å². The predicted octanol–water partition coefficient (Wildman–Crippen LogP) is 3.89. The summed E-state index contributed by atoms with van der Waals surface area (Å²) < 4.78 is 5.61. The van der Waals surface area contributed by atoms with Gasteiger partial charge < -0.3 is 4.74 Å². The van der Waals surface area contributed by atoms with Crippen LogP contribution >= 0.6 is 0 Å². The Morgan fingerprint density at radius 3 is 2.95 bits per heavy atom. The van der Waals surface area contributed by atoms with Crippen LogP contribution in [0.3, 0.4) is 0 Å². The molecule has 1 aromatic rings. The van der Waals surface area contributed by atoms with Crippen molar-refractivity contribution in [1.82, 2.24) is 0 Å². The van der Waals surface area contributed by atoms with Crippen molar-refractivity contribution in [3.05, 3.63) is 41.0 Å². The van der Waals surface area contributed by atoms with Gasteiger partial charge in [0.1, 0.15) is 6.10 Å². The maximum Gasteiger partial charge on any atom is 0.339 e. The summed E-state index contributed by atoms with van der Waals surface area (Å²) in [4.78, 5) is 12.2. The van der Waals surface area contributed by atoms with Gasteiger partial charge in [-0.05, 0) is 48.8 Å². The van der Waals surface area contributed by atoms with E-state index in [4.69, 9.17) is 4.74 Å². The van der Waals surface area contributed by atoms with Gasteiger partial charge in [0.05, 0.1) is 5.57 Å². The molecule has 1 aliphatic carbocycles. The van der Waals surface area contributed by atoms with Crippen molar-refractivity contribution in [1.29, 1.82) is 0 Å². The largest absolute Gasteiger partial charge is 0.454 e. The number of rotatable bonds is 3. The van der Waals surface area contributed by atoms with Crippen LogP contribution in [-0.4, -0.2) is 12.1 Å². The minimum Gasteiger partial charge on any atom is -0.454 e. The smallest absolute Gasteiger partial charge is 0.339 e. The summed E-state index contributed by atoms with van der Waals surface area (Å²) in [6.07, 6.45) is 6.47. The Hall–Kier alpha value is -1.57. The molecule has 0 saturated carbocycles. The Labute approximate surface area is 114 Å². The number of esters is 1. The number of carbonyl (C=O) groups is 1. The summed E-state index contributed by atoms with van der Waals surface area (Å²) in [5, 5.41) is 0. The van der Waals surface area contributed by atoms with Crippen molar-refractivity contribution < 1.29 is 9.53 Å². The molecule has 100 valence electrons. The summed E-state index contributed by atoms with van der Waals surface area (Å²) in [6.45, 7) is 2.18. The van der Waals surface area contributed by atoms with Crippen LogP contribution in [0.25, 0.3) is 5.57 Å². The maximum absolute atomic E-state index is 12.2. The average molecular weight is 256 g/mol. The maximum atomic E-state index is 12.2. The molecule has 0 amide bonds. The summed E-state index contributed by atoms with van der Waals surface area (Å²) >= 11 is 0. The van der Waals surface area contributed by atoms with E-state index in [2.05, 4.69) is 25.1 Å². The fourth-order valence-electron chi connectivity index (χ4n) is 3.19. The van der Waals surface area contributed by atoms with Gasteiger partial charge in [-0.3, -0.25) is 0 Å². The molecule has 0 spiro atoms. The second kappa shape index (κ2) is 5.20. The highest BCUT2D eigenvalue weighted by atomic mass is 16.5. The quantitative estimate of drug-likeness (QED) is 0.767. The number of benzene rings is 1. The molecule has 1 atom stereocenters. The monoisotopic (exact) mass is 256 g/mol. The standard InChI is InChI=1S/C17H20O2/c1-2-3-11-15-14-10-6-8-12-7-4-5-9-13(12)16(14)17(18)19-15/h4-5,7,9,15H,2-3,6,8,10-11H2,1H3. The molecule has 0 aromatic heterocycles. The third-order valence-corrected chi connectivity index (χ3v) is 4.16. The van der Waals surface area contributed by atoms with E-state index < -0.39 is 0 Å².